The number of carbonyl (C=O) groups excluding carboxylic acids is 1. The van der Waals surface area contributed by atoms with E-state index in [0.717, 1.165) is 51.1 Å². The lowest BCUT2D eigenvalue weighted by Crippen LogP contribution is -2.09. The molecular formula is C34H32FNO4. The molecule has 0 bridgehead atoms. The Labute approximate surface area is 233 Å². The van der Waals surface area contributed by atoms with Gasteiger partial charge in [-0.2, -0.15) is 0 Å². The lowest BCUT2D eigenvalue weighted by atomic mass is 9.88. The molecule has 0 N–H and O–H groups in total. The molecule has 4 aromatic rings. The average molecular weight is 538 g/mol. The second kappa shape index (κ2) is 10.4. The van der Waals surface area contributed by atoms with Crippen LogP contribution in [0.3, 0.4) is 0 Å². The van der Waals surface area contributed by atoms with E-state index in [2.05, 4.69) is 44.0 Å². The first-order chi connectivity index (χ1) is 19.3. The van der Waals surface area contributed by atoms with Gasteiger partial charge in [0, 0.05) is 34.9 Å². The normalized spacial score (nSPS) is 17.2. The number of carbonyl (C=O) groups is 1. The number of hydrogen-bond donors (Lipinski definition) is 0. The third-order valence-corrected chi connectivity index (χ3v) is 8.08. The first-order valence-electron chi connectivity index (χ1n) is 13.7. The van der Waals surface area contributed by atoms with Gasteiger partial charge in [-0.15, -0.1) is 0 Å². The Morgan fingerprint density at radius 3 is 2.60 bits per heavy atom. The molecule has 1 aliphatic carbocycles. The summed E-state index contributed by atoms with van der Waals surface area (Å²) in [5, 5.41) is 0. The minimum atomic E-state index is -0.392. The van der Waals surface area contributed by atoms with Crippen molar-refractivity contribution in [1.29, 1.82) is 0 Å². The van der Waals surface area contributed by atoms with Crippen molar-refractivity contribution in [1.82, 2.24) is 4.98 Å². The standard InChI is InChI=1S/C34H32FNO4/c1-19-11-12-36-29(13-19)22-14-20(2)33(21(3)15-22)26-7-9-28(35)34-27(26)8-10-30(34)40-24-5-6-25-23(16-32(37)38-4)18-39-31(25)17-24/h5-7,9,11-15,17,23,30H,8,10,16,18H2,1-4H3/t23?,30-/m1/s1. The van der Waals surface area contributed by atoms with Crippen LogP contribution < -0.4 is 9.47 Å². The second-order valence-electron chi connectivity index (χ2n) is 10.8. The number of aromatic nitrogens is 1. The Hall–Kier alpha value is -4.19. The van der Waals surface area contributed by atoms with Gasteiger partial charge in [0.15, 0.2) is 0 Å². The van der Waals surface area contributed by atoms with E-state index < -0.39 is 6.10 Å². The molecule has 204 valence electrons. The molecule has 0 radical (unpaired) electrons. The Morgan fingerprint density at radius 2 is 1.85 bits per heavy atom. The number of benzene rings is 3. The average Bonchev–Trinajstić information content (AvgIpc) is 3.54. The summed E-state index contributed by atoms with van der Waals surface area (Å²) < 4.78 is 32.4. The van der Waals surface area contributed by atoms with Gasteiger partial charge >= 0.3 is 5.97 Å². The molecule has 1 unspecified atom stereocenters. The SMILES string of the molecule is COC(=O)CC1COc2cc(O[C@@H]3CCc4c(-c5c(C)cc(-c6cc(C)ccn6)cc5C)ccc(F)c43)ccc21. The third-order valence-electron chi connectivity index (χ3n) is 8.08. The van der Waals surface area contributed by atoms with Crippen LogP contribution in [0.25, 0.3) is 22.4 Å². The van der Waals surface area contributed by atoms with E-state index in [-0.39, 0.29) is 24.1 Å². The topological polar surface area (TPSA) is 57.7 Å². The van der Waals surface area contributed by atoms with Gasteiger partial charge in [0.1, 0.15) is 23.4 Å². The Balaban J connectivity index is 1.29. The van der Waals surface area contributed by atoms with E-state index >= 15 is 4.39 Å². The largest absolute Gasteiger partial charge is 0.492 e. The van der Waals surface area contributed by atoms with Crippen molar-refractivity contribution >= 4 is 5.97 Å². The van der Waals surface area contributed by atoms with E-state index in [1.54, 1.807) is 6.07 Å². The van der Waals surface area contributed by atoms with Gasteiger partial charge in [-0.05, 0) is 103 Å². The Morgan fingerprint density at radius 1 is 1.05 bits per heavy atom. The molecule has 0 spiro atoms. The smallest absolute Gasteiger partial charge is 0.306 e. The molecule has 1 aromatic heterocycles. The zero-order valence-corrected chi connectivity index (χ0v) is 23.2. The molecular weight excluding hydrogens is 505 g/mol. The van der Waals surface area contributed by atoms with Crippen LogP contribution >= 0.6 is 0 Å². The number of halogens is 1. The number of rotatable bonds is 6. The van der Waals surface area contributed by atoms with E-state index in [4.69, 9.17) is 14.2 Å². The summed E-state index contributed by atoms with van der Waals surface area (Å²) in [7, 11) is 1.39. The fraction of sp³-hybridized carbons (Fsp3) is 0.294. The van der Waals surface area contributed by atoms with Gasteiger partial charge in [-0.25, -0.2) is 4.39 Å². The molecule has 6 rings (SSSR count). The number of methoxy groups -OCH3 is 1. The molecule has 1 aliphatic heterocycles. The molecule has 0 saturated carbocycles. The maximum absolute atomic E-state index is 15.3. The highest BCUT2D eigenvalue weighted by Gasteiger charge is 2.32. The van der Waals surface area contributed by atoms with Crippen molar-refractivity contribution < 1.29 is 23.4 Å². The lowest BCUT2D eigenvalue weighted by Gasteiger charge is -2.19. The fourth-order valence-corrected chi connectivity index (χ4v) is 6.20. The Kier molecular flexibility index (Phi) is 6.78. The van der Waals surface area contributed by atoms with Crippen molar-refractivity contribution in [3.63, 3.8) is 0 Å². The molecule has 2 atom stereocenters. The van der Waals surface area contributed by atoms with Gasteiger partial charge in [0.2, 0.25) is 0 Å². The van der Waals surface area contributed by atoms with Crippen LogP contribution in [0.5, 0.6) is 11.5 Å². The minimum absolute atomic E-state index is 0.0386. The summed E-state index contributed by atoms with van der Waals surface area (Å²) in [5.41, 5.74) is 10.3. The third kappa shape index (κ3) is 4.72. The van der Waals surface area contributed by atoms with Gasteiger partial charge in [-0.1, -0.05) is 12.1 Å². The van der Waals surface area contributed by atoms with Gasteiger partial charge in [0.05, 0.1) is 25.8 Å². The van der Waals surface area contributed by atoms with Crippen LogP contribution in [-0.2, 0) is 16.0 Å². The second-order valence-corrected chi connectivity index (χ2v) is 10.8. The molecule has 6 heteroatoms. The van der Waals surface area contributed by atoms with Crippen LogP contribution in [-0.4, -0.2) is 24.7 Å². The summed E-state index contributed by atoms with van der Waals surface area (Å²) in [5.74, 6) is 0.786. The van der Waals surface area contributed by atoms with Crippen molar-refractivity contribution in [2.24, 2.45) is 0 Å². The number of esters is 1. The molecule has 2 heterocycles. The van der Waals surface area contributed by atoms with Crippen molar-refractivity contribution in [2.75, 3.05) is 13.7 Å². The molecule has 0 fully saturated rings. The molecule has 2 aliphatic rings. The van der Waals surface area contributed by atoms with Crippen LogP contribution in [0.4, 0.5) is 4.39 Å². The molecule has 0 amide bonds. The van der Waals surface area contributed by atoms with Gasteiger partial charge in [0.25, 0.3) is 0 Å². The van der Waals surface area contributed by atoms with E-state index in [1.165, 1.54) is 12.7 Å². The highest BCUT2D eigenvalue weighted by Crippen LogP contribution is 2.45. The minimum Gasteiger partial charge on any atom is -0.492 e. The summed E-state index contributed by atoms with van der Waals surface area (Å²) in [6.45, 7) is 6.71. The number of pyridine rings is 1. The van der Waals surface area contributed by atoms with E-state index in [9.17, 15) is 4.79 Å². The highest BCUT2D eigenvalue weighted by atomic mass is 19.1. The summed E-state index contributed by atoms with van der Waals surface area (Å²) in [6.07, 6.45) is 3.14. The molecule has 3 aromatic carbocycles. The van der Waals surface area contributed by atoms with Gasteiger partial charge in [-0.3, -0.25) is 9.78 Å². The van der Waals surface area contributed by atoms with Crippen LogP contribution in [0, 0.1) is 26.6 Å². The molecule has 0 saturated heterocycles. The summed E-state index contributed by atoms with van der Waals surface area (Å²) in [4.78, 5) is 16.3. The summed E-state index contributed by atoms with van der Waals surface area (Å²) in [6, 6.07) is 17.6. The predicted octanol–water partition coefficient (Wildman–Crippen LogP) is 7.59. The first kappa shape index (κ1) is 26.1. The van der Waals surface area contributed by atoms with Gasteiger partial charge < -0.3 is 14.2 Å². The maximum Gasteiger partial charge on any atom is 0.306 e. The lowest BCUT2D eigenvalue weighted by molar-refractivity contribution is -0.141. The van der Waals surface area contributed by atoms with E-state index in [1.807, 2.05) is 36.5 Å². The monoisotopic (exact) mass is 537 g/mol. The van der Waals surface area contributed by atoms with Crippen LogP contribution in [0.2, 0.25) is 0 Å². The number of hydrogen-bond acceptors (Lipinski definition) is 5. The number of ether oxygens (including phenoxy) is 3. The zero-order chi connectivity index (χ0) is 28.0. The molecule has 40 heavy (non-hydrogen) atoms. The zero-order valence-electron chi connectivity index (χ0n) is 23.2. The van der Waals surface area contributed by atoms with Crippen molar-refractivity contribution in [2.45, 2.75) is 52.1 Å². The quantitative estimate of drug-likeness (QED) is 0.237. The van der Waals surface area contributed by atoms with Crippen LogP contribution in [0.15, 0.2) is 60.8 Å². The summed E-state index contributed by atoms with van der Waals surface area (Å²) >= 11 is 0. The fourth-order valence-electron chi connectivity index (χ4n) is 6.20. The Bertz CT molecular complexity index is 1610. The number of nitrogens with zero attached hydrogens (tertiary/aromatic N) is 1. The predicted molar refractivity (Wildman–Crippen MR) is 152 cm³/mol. The highest BCUT2D eigenvalue weighted by molar-refractivity contribution is 5.79. The number of fused-ring (bicyclic) bond motifs is 2. The number of aryl methyl sites for hydroxylation is 3. The first-order valence-corrected chi connectivity index (χ1v) is 13.7. The van der Waals surface area contributed by atoms with Crippen molar-refractivity contribution in [3.05, 3.63) is 100.0 Å². The molecule has 5 nitrogen and oxygen atoms in total. The van der Waals surface area contributed by atoms with E-state index in [0.29, 0.717) is 30.1 Å². The maximum atomic E-state index is 15.3. The van der Waals surface area contributed by atoms with Crippen molar-refractivity contribution in [3.8, 4) is 33.9 Å². The van der Waals surface area contributed by atoms with Crippen LogP contribution in [0.1, 0.15) is 58.2 Å².